The molecule has 1 aliphatic heterocycles. The van der Waals surface area contributed by atoms with Crippen molar-refractivity contribution in [3.8, 4) is 0 Å². The predicted molar refractivity (Wildman–Crippen MR) is 93.6 cm³/mol. The van der Waals surface area contributed by atoms with Crippen LogP contribution in [0.1, 0.15) is 32.1 Å². The van der Waals surface area contributed by atoms with Gasteiger partial charge in [0, 0.05) is 26.1 Å². The van der Waals surface area contributed by atoms with Gasteiger partial charge in [-0.1, -0.05) is 24.3 Å². The molecule has 1 saturated heterocycles. The minimum absolute atomic E-state index is 0.0965. The predicted octanol–water partition coefficient (Wildman–Crippen LogP) is 3.19. The second kappa shape index (κ2) is 7.64. The van der Waals surface area contributed by atoms with Crippen molar-refractivity contribution in [3.05, 3.63) is 36.4 Å². The number of carbonyl (C=O) groups excluding carboxylic acids is 1. The van der Waals surface area contributed by atoms with Crippen LogP contribution in [0.15, 0.2) is 36.4 Å². The van der Waals surface area contributed by atoms with Crippen molar-refractivity contribution in [1.82, 2.24) is 0 Å². The van der Waals surface area contributed by atoms with Gasteiger partial charge >= 0.3 is 0 Å². The Morgan fingerprint density at radius 2 is 2.00 bits per heavy atom. The zero-order valence-corrected chi connectivity index (χ0v) is 13.6. The zero-order valence-electron chi connectivity index (χ0n) is 13.6. The average Bonchev–Trinajstić information content (AvgIpc) is 3.08. The molecule has 1 amide bonds. The largest absolute Gasteiger partial charge is 0.396 e. The molecule has 1 atom stereocenters. The highest BCUT2D eigenvalue weighted by Gasteiger charge is 2.21. The number of anilines is 2. The zero-order chi connectivity index (χ0) is 16.1. The summed E-state index contributed by atoms with van der Waals surface area (Å²) in [4.78, 5) is 14.6. The Balaban J connectivity index is 1.63. The van der Waals surface area contributed by atoms with Crippen LogP contribution in [0.4, 0.5) is 11.4 Å². The summed E-state index contributed by atoms with van der Waals surface area (Å²) >= 11 is 0. The van der Waals surface area contributed by atoms with Gasteiger partial charge in [0.15, 0.2) is 0 Å². The van der Waals surface area contributed by atoms with Crippen molar-refractivity contribution >= 4 is 17.3 Å². The van der Waals surface area contributed by atoms with Crippen LogP contribution in [-0.4, -0.2) is 30.7 Å². The fourth-order valence-electron chi connectivity index (χ4n) is 3.52. The van der Waals surface area contributed by atoms with Crippen LogP contribution in [0.25, 0.3) is 0 Å². The van der Waals surface area contributed by atoms with Crippen molar-refractivity contribution in [2.75, 3.05) is 29.9 Å². The van der Waals surface area contributed by atoms with Gasteiger partial charge in [-0.25, -0.2) is 0 Å². The summed E-state index contributed by atoms with van der Waals surface area (Å²) in [7, 11) is 0. The van der Waals surface area contributed by atoms with Crippen LogP contribution in [0.2, 0.25) is 0 Å². The molecule has 124 valence electrons. The number of allylic oxidation sites excluding steroid dienone is 2. The van der Waals surface area contributed by atoms with Crippen LogP contribution in [0, 0.1) is 11.8 Å². The maximum absolute atomic E-state index is 12.3. The summed E-state index contributed by atoms with van der Waals surface area (Å²) in [5.41, 5.74) is 2.00. The lowest BCUT2D eigenvalue weighted by Gasteiger charge is -2.34. The highest BCUT2D eigenvalue weighted by atomic mass is 16.3. The quantitative estimate of drug-likeness (QED) is 0.821. The number of para-hydroxylation sites is 2. The molecule has 1 fully saturated rings. The second-order valence-electron chi connectivity index (χ2n) is 6.65. The van der Waals surface area contributed by atoms with Crippen molar-refractivity contribution in [2.45, 2.75) is 32.1 Å². The lowest BCUT2D eigenvalue weighted by atomic mass is 9.97. The fraction of sp³-hybridized carbons (Fsp3) is 0.526. The first-order valence-electron chi connectivity index (χ1n) is 8.67. The Bertz CT molecular complexity index is 562. The van der Waals surface area contributed by atoms with E-state index in [9.17, 15) is 9.90 Å². The van der Waals surface area contributed by atoms with Crippen LogP contribution in [0.3, 0.4) is 0 Å². The standard InChI is InChI=1S/C19H26N2O2/c22-14-16-9-11-21(12-10-16)18-8-4-3-7-17(18)20-19(23)13-15-5-1-2-6-15/h1,3-5,7-8,15-16,22H,2,6,9-14H2,(H,20,23). The molecule has 0 radical (unpaired) electrons. The molecule has 4 nitrogen and oxygen atoms in total. The molecule has 0 spiro atoms. The van der Waals surface area contributed by atoms with Crippen LogP contribution < -0.4 is 10.2 Å². The van der Waals surface area contributed by atoms with Gasteiger partial charge in [-0.2, -0.15) is 0 Å². The van der Waals surface area contributed by atoms with Crippen LogP contribution in [-0.2, 0) is 4.79 Å². The Labute approximate surface area is 138 Å². The number of aliphatic hydroxyl groups excluding tert-OH is 1. The number of hydrogen-bond acceptors (Lipinski definition) is 3. The summed E-state index contributed by atoms with van der Waals surface area (Å²) in [6.07, 6.45) is 9.08. The van der Waals surface area contributed by atoms with Gasteiger partial charge in [0.05, 0.1) is 11.4 Å². The number of benzene rings is 1. The van der Waals surface area contributed by atoms with E-state index in [2.05, 4.69) is 28.4 Å². The number of carbonyl (C=O) groups is 1. The summed E-state index contributed by atoms with van der Waals surface area (Å²) in [5.74, 6) is 0.906. The molecule has 2 aliphatic rings. The van der Waals surface area contributed by atoms with E-state index in [1.165, 1.54) is 0 Å². The van der Waals surface area contributed by atoms with Gasteiger partial charge < -0.3 is 15.3 Å². The number of nitrogens with one attached hydrogen (secondary N) is 1. The molecule has 4 heteroatoms. The summed E-state index contributed by atoms with van der Waals surface area (Å²) in [6, 6.07) is 8.04. The number of hydrogen-bond donors (Lipinski definition) is 2. The molecule has 1 aliphatic carbocycles. The van der Waals surface area contributed by atoms with E-state index in [1.807, 2.05) is 18.2 Å². The second-order valence-corrected chi connectivity index (χ2v) is 6.65. The number of piperidine rings is 1. The third-order valence-corrected chi connectivity index (χ3v) is 4.95. The molecule has 1 heterocycles. The lowest BCUT2D eigenvalue weighted by Crippen LogP contribution is -2.35. The Hall–Kier alpha value is -1.81. The van der Waals surface area contributed by atoms with Crippen molar-refractivity contribution in [3.63, 3.8) is 0 Å². The van der Waals surface area contributed by atoms with Gasteiger partial charge in [0.2, 0.25) is 5.91 Å². The normalized spacial score (nSPS) is 21.6. The number of rotatable bonds is 5. The van der Waals surface area contributed by atoms with Crippen molar-refractivity contribution in [1.29, 1.82) is 0 Å². The first-order valence-corrected chi connectivity index (χ1v) is 8.67. The first-order chi connectivity index (χ1) is 11.3. The monoisotopic (exact) mass is 314 g/mol. The molecule has 1 aromatic carbocycles. The van der Waals surface area contributed by atoms with E-state index in [0.29, 0.717) is 18.3 Å². The highest BCUT2D eigenvalue weighted by molar-refractivity contribution is 5.94. The van der Waals surface area contributed by atoms with Gasteiger partial charge in [0.1, 0.15) is 0 Å². The number of amides is 1. The van der Waals surface area contributed by atoms with Gasteiger partial charge in [0.25, 0.3) is 0 Å². The fourth-order valence-corrected chi connectivity index (χ4v) is 3.52. The van der Waals surface area contributed by atoms with Gasteiger partial charge in [-0.05, 0) is 49.7 Å². The third kappa shape index (κ3) is 4.14. The van der Waals surface area contributed by atoms with E-state index in [4.69, 9.17) is 0 Å². The molecule has 0 saturated carbocycles. The van der Waals surface area contributed by atoms with Gasteiger partial charge in [-0.3, -0.25) is 4.79 Å². The smallest absolute Gasteiger partial charge is 0.225 e. The molecule has 1 aromatic rings. The minimum atomic E-state index is 0.0965. The maximum Gasteiger partial charge on any atom is 0.225 e. The van der Waals surface area contributed by atoms with Crippen molar-refractivity contribution in [2.24, 2.45) is 11.8 Å². The van der Waals surface area contributed by atoms with Gasteiger partial charge in [-0.15, -0.1) is 0 Å². The average molecular weight is 314 g/mol. The lowest BCUT2D eigenvalue weighted by molar-refractivity contribution is -0.116. The molecule has 23 heavy (non-hydrogen) atoms. The third-order valence-electron chi connectivity index (χ3n) is 4.95. The molecule has 2 N–H and O–H groups in total. The number of aliphatic hydroxyl groups is 1. The SMILES string of the molecule is O=C(CC1C=CCC1)Nc1ccccc1N1CCC(CO)CC1. The first kappa shape index (κ1) is 16.1. The van der Waals surface area contributed by atoms with E-state index in [0.717, 1.165) is 50.1 Å². The number of nitrogens with zero attached hydrogens (tertiary/aromatic N) is 1. The summed E-state index contributed by atoms with van der Waals surface area (Å²) < 4.78 is 0. The van der Waals surface area contributed by atoms with E-state index < -0.39 is 0 Å². The maximum atomic E-state index is 12.3. The highest BCUT2D eigenvalue weighted by Crippen LogP contribution is 2.30. The van der Waals surface area contributed by atoms with E-state index in [1.54, 1.807) is 0 Å². The van der Waals surface area contributed by atoms with Crippen LogP contribution >= 0.6 is 0 Å². The molecule has 0 aromatic heterocycles. The van der Waals surface area contributed by atoms with Crippen molar-refractivity contribution < 1.29 is 9.90 Å². The Morgan fingerprint density at radius 3 is 2.70 bits per heavy atom. The molecular formula is C19H26N2O2. The topological polar surface area (TPSA) is 52.6 Å². The molecule has 3 rings (SSSR count). The van der Waals surface area contributed by atoms with E-state index >= 15 is 0 Å². The summed E-state index contributed by atoms with van der Waals surface area (Å²) in [6.45, 7) is 2.15. The molecule has 1 unspecified atom stereocenters. The Morgan fingerprint density at radius 1 is 1.22 bits per heavy atom. The molecule has 0 bridgehead atoms. The Kier molecular flexibility index (Phi) is 5.34. The summed E-state index contributed by atoms with van der Waals surface area (Å²) in [5, 5.41) is 12.4. The molecular weight excluding hydrogens is 288 g/mol. The van der Waals surface area contributed by atoms with E-state index in [-0.39, 0.29) is 12.5 Å². The van der Waals surface area contributed by atoms with Crippen LogP contribution in [0.5, 0.6) is 0 Å². The minimum Gasteiger partial charge on any atom is -0.396 e.